The number of benzene rings is 3. The monoisotopic (exact) mass is 580 g/mol. The van der Waals surface area contributed by atoms with Gasteiger partial charge in [-0.1, -0.05) is 53.1 Å². The van der Waals surface area contributed by atoms with Gasteiger partial charge in [0.25, 0.3) is 0 Å². The smallest absolute Gasteiger partial charge is 0.231 e. The van der Waals surface area contributed by atoms with Gasteiger partial charge in [0.05, 0.1) is 5.53 Å². The molecule has 3 aromatic carbocycles. The van der Waals surface area contributed by atoms with E-state index in [4.69, 9.17) is 50.9 Å². The average Bonchev–Trinajstić information content (AvgIpc) is 2.78. The lowest BCUT2D eigenvalue weighted by Gasteiger charge is -2.17. The summed E-state index contributed by atoms with van der Waals surface area (Å²) < 4.78 is 18.7. The summed E-state index contributed by atoms with van der Waals surface area (Å²) in [6.45, 7) is 6.06. The number of hydrogen-bond acceptors (Lipinski definition) is 9. The maximum Gasteiger partial charge on any atom is 0.231 e. The molecule has 176 valence electrons. The molecule has 10 heteroatoms. The van der Waals surface area contributed by atoms with E-state index >= 15 is 0 Å². The molecule has 3 rings (SSSR count). The Morgan fingerprint density at radius 3 is 0.971 bits per heavy atom. The highest BCUT2D eigenvalue weighted by Crippen LogP contribution is 2.71. The fourth-order valence-electron chi connectivity index (χ4n) is 2.40. The van der Waals surface area contributed by atoms with Crippen molar-refractivity contribution in [3.63, 3.8) is 0 Å². The van der Waals surface area contributed by atoms with E-state index in [1.165, 1.54) is 34.1 Å². The van der Waals surface area contributed by atoms with Crippen LogP contribution in [0.2, 0.25) is 0 Å². The molecule has 0 N–H and O–H groups in total. The minimum absolute atomic E-state index is 0.381. The summed E-state index contributed by atoms with van der Waals surface area (Å²) in [4.78, 5) is 0. The van der Waals surface area contributed by atoms with E-state index in [1.807, 2.05) is 93.6 Å². The molecule has 0 radical (unpaired) electrons. The summed E-state index contributed by atoms with van der Waals surface area (Å²) in [5.74, 6) is 2.06. The Morgan fingerprint density at radius 1 is 0.500 bits per heavy atom. The molecular formula is C24H21O3PS6. The zero-order chi connectivity index (χ0) is 24.5. The fourth-order valence-corrected chi connectivity index (χ4v) is 14.6. The molecule has 0 aliphatic heterocycles. The van der Waals surface area contributed by atoms with E-state index in [2.05, 4.69) is 0 Å². The van der Waals surface area contributed by atoms with Crippen molar-refractivity contribution in [3.05, 3.63) is 89.5 Å². The normalized spacial score (nSPS) is 10.6. The molecule has 0 unspecified atom stereocenters. The van der Waals surface area contributed by atoms with E-state index in [-0.39, 0.29) is 0 Å². The third-order valence-corrected chi connectivity index (χ3v) is 14.2. The summed E-state index contributed by atoms with van der Waals surface area (Å²) in [6.07, 6.45) is 0. The van der Waals surface area contributed by atoms with Crippen molar-refractivity contribution in [1.29, 1.82) is 0 Å². The third kappa shape index (κ3) is 9.82. The molecule has 0 heterocycles. The van der Waals surface area contributed by atoms with Crippen molar-refractivity contribution < 1.29 is 14.2 Å². The van der Waals surface area contributed by atoms with Crippen molar-refractivity contribution in [1.82, 2.24) is 0 Å². The molecule has 0 fully saturated rings. The first-order chi connectivity index (χ1) is 16.3. The van der Waals surface area contributed by atoms with Gasteiger partial charge in [0.1, 0.15) is 17.2 Å². The van der Waals surface area contributed by atoms with Gasteiger partial charge in [-0.2, -0.15) is 0 Å². The minimum atomic E-state index is -1.03. The molecule has 0 atom stereocenters. The Kier molecular flexibility index (Phi) is 11.1. The molecule has 0 bridgehead atoms. The molecule has 0 saturated heterocycles. The zero-order valence-corrected chi connectivity index (χ0v) is 24.3. The minimum Gasteiger partial charge on any atom is -0.439 e. The zero-order valence-electron chi connectivity index (χ0n) is 18.5. The molecule has 0 saturated carbocycles. The maximum atomic E-state index is 5.84. The highest BCUT2D eigenvalue weighted by Gasteiger charge is 2.22. The van der Waals surface area contributed by atoms with E-state index in [9.17, 15) is 0 Å². The Hall–Kier alpha value is -1.19. The Morgan fingerprint density at radius 2 is 0.735 bits per heavy atom. The summed E-state index contributed by atoms with van der Waals surface area (Å²) in [7, 11) is 0. The van der Waals surface area contributed by atoms with Gasteiger partial charge in [-0.15, -0.1) is 0 Å². The lowest BCUT2D eigenvalue weighted by Crippen LogP contribution is -2.03. The Balaban J connectivity index is 1.64. The molecule has 0 spiro atoms. The topological polar surface area (TPSA) is 27.7 Å². The Bertz CT molecular complexity index is 989. The van der Waals surface area contributed by atoms with Gasteiger partial charge in [0.2, 0.25) is 13.1 Å². The predicted octanol–water partition coefficient (Wildman–Crippen LogP) is 9.43. The Labute approximate surface area is 229 Å². The van der Waals surface area contributed by atoms with Gasteiger partial charge in [0.15, 0.2) is 0 Å². The van der Waals surface area contributed by atoms with Gasteiger partial charge in [-0.25, -0.2) is 0 Å². The highest BCUT2D eigenvalue weighted by atomic mass is 33.4. The second kappa shape index (κ2) is 13.8. The summed E-state index contributed by atoms with van der Waals surface area (Å²) in [6, 6.07) is 23.2. The number of thiocarbonyl (C=S) groups is 3. The van der Waals surface area contributed by atoms with Gasteiger partial charge in [-0.3, -0.25) is 0 Å². The van der Waals surface area contributed by atoms with Crippen LogP contribution in [0.1, 0.15) is 16.7 Å². The van der Waals surface area contributed by atoms with Crippen LogP contribution in [0, 0.1) is 20.8 Å². The van der Waals surface area contributed by atoms with Crippen LogP contribution < -0.4 is 14.2 Å². The maximum absolute atomic E-state index is 5.84. The van der Waals surface area contributed by atoms with Crippen molar-refractivity contribution >= 4 is 89.5 Å². The first-order valence-corrected chi connectivity index (χ1v) is 16.8. The van der Waals surface area contributed by atoms with E-state index in [0.29, 0.717) is 30.4 Å². The average molecular weight is 581 g/mol. The van der Waals surface area contributed by atoms with E-state index < -0.39 is 5.53 Å². The standard InChI is InChI=1S/C24H21O3PS6/c1-16-4-10-19(11-5-16)25-22(29)32-28(33-23(30)26-20-12-6-17(2)7-13-20)34-24(31)27-21-14-8-18(3)9-15-21/h4-15H,1-3H3. The molecule has 34 heavy (non-hydrogen) atoms. The molecule has 3 aromatic rings. The van der Waals surface area contributed by atoms with Crippen LogP contribution in [0.3, 0.4) is 0 Å². The number of hydrogen-bond donors (Lipinski definition) is 0. The summed E-state index contributed by atoms with van der Waals surface area (Å²) in [5, 5.41) is 0. The van der Waals surface area contributed by atoms with Crippen molar-refractivity contribution in [3.8, 4) is 17.2 Å². The van der Waals surface area contributed by atoms with E-state index in [0.717, 1.165) is 16.7 Å². The number of ether oxygens (including phenoxy) is 3. The van der Waals surface area contributed by atoms with Crippen LogP contribution in [0.25, 0.3) is 0 Å². The first-order valence-electron chi connectivity index (χ1n) is 9.96. The molecule has 0 aromatic heterocycles. The van der Waals surface area contributed by atoms with Crippen LogP contribution >= 0.6 is 76.3 Å². The van der Waals surface area contributed by atoms with Gasteiger partial charge in [-0.05, 0) is 128 Å². The van der Waals surface area contributed by atoms with Gasteiger partial charge in [0, 0.05) is 0 Å². The molecule has 0 aliphatic rings. The van der Waals surface area contributed by atoms with Crippen LogP contribution in [-0.4, -0.2) is 13.1 Å². The van der Waals surface area contributed by atoms with E-state index in [1.54, 1.807) is 0 Å². The molecule has 0 aliphatic carbocycles. The van der Waals surface area contributed by atoms with Crippen LogP contribution in [0.4, 0.5) is 0 Å². The molecule has 3 nitrogen and oxygen atoms in total. The second-order valence-corrected chi connectivity index (χ2v) is 18.0. The van der Waals surface area contributed by atoms with Gasteiger partial charge >= 0.3 is 0 Å². The molecule has 0 amide bonds. The fraction of sp³-hybridized carbons (Fsp3) is 0.125. The SMILES string of the molecule is Cc1ccc(OC(=S)SP(SC(=S)Oc2ccc(C)cc2)SC(=S)Oc2ccc(C)cc2)cc1. The lowest BCUT2D eigenvalue weighted by atomic mass is 10.2. The van der Waals surface area contributed by atoms with Crippen LogP contribution in [-0.2, 0) is 0 Å². The number of aryl methyl sites for hydroxylation is 3. The van der Waals surface area contributed by atoms with Crippen LogP contribution in [0.15, 0.2) is 72.8 Å². The van der Waals surface area contributed by atoms with Crippen molar-refractivity contribution in [2.24, 2.45) is 0 Å². The highest BCUT2D eigenvalue weighted by molar-refractivity contribution is 9.19. The van der Waals surface area contributed by atoms with Gasteiger partial charge < -0.3 is 14.2 Å². The van der Waals surface area contributed by atoms with Crippen LogP contribution in [0.5, 0.6) is 17.2 Å². The first kappa shape index (κ1) is 27.4. The lowest BCUT2D eigenvalue weighted by molar-refractivity contribution is 0.579. The van der Waals surface area contributed by atoms with Crippen molar-refractivity contribution in [2.45, 2.75) is 20.8 Å². The quantitative estimate of drug-likeness (QED) is 0.209. The summed E-state index contributed by atoms with van der Waals surface area (Å²) in [5.41, 5.74) is 2.41. The van der Waals surface area contributed by atoms with Crippen molar-refractivity contribution in [2.75, 3.05) is 0 Å². The largest absolute Gasteiger partial charge is 0.439 e. The second-order valence-electron chi connectivity index (χ2n) is 6.99. The number of rotatable bonds is 6. The molecular weight excluding hydrogens is 560 g/mol. The summed E-state index contributed by atoms with van der Waals surface area (Å²) >= 11 is 20.7. The predicted molar refractivity (Wildman–Crippen MR) is 163 cm³/mol. The third-order valence-electron chi connectivity index (χ3n) is 4.11.